The molecule has 0 amide bonds. The monoisotopic (exact) mass is 826 g/mol. The highest BCUT2D eigenvalue weighted by atomic mass is 32.2. The van der Waals surface area contributed by atoms with Gasteiger partial charge in [0.25, 0.3) is 0 Å². The number of phenolic OH excluding ortho intramolecular Hbond substituents is 1. The van der Waals surface area contributed by atoms with Gasteiger partial charge in [0.2, 0.25) is 0 Å². The number of thiophene rings is 4. The molecule has 4 aromatic heterocycles. The van der Waals surface area contributed by atoms with Crippen LogP contribution in [-0.4, -0.2) is 38.2 Å². The van der Waals surface area contributed by atoms with Crippen LogP contribution in [-0.2, 0) is 24.6 Å². The molecule has 270 valence electrons. The molecule has 0 radical (unpaired) electrons. The lowest BCUT2D eigenvalue weighted by Crippen LogP contribution is -2.28. The zero-order chi connectivity index (χ0) is 36.2. The molecule has 0 fully saturated rings. The molecule has 0 saturated heterocycles. The van der Waals surface area contributed by atoms with Gasteiger partial charge in [-0.1, -0.05) is 43.8 Å². The van der Waals surface area contributed by atoms with Crippen LogP contribution in [0, 0.1) is 0 Å². The van der Waals surface area contributed by atoms with Crippen LogP contribution in [0.3, 0.4) is 0 Å². The van der Waals surface area contributed by atoms with Crippen molar-refractivity contribution in [2.45, 2.75) is 18.4 Å². The number of alkyl halides is 6. The van der Waals surface area contributed by atoms with Gasteiger partial charge < -0.3 is 9.29 Å². The maximum absolute atomic E-state index is 12.5. The molecule has 8 aromatic rings. The van der Waals surface area contributed by atoms with Crippen LogP contribution in [0.1, 0.15) is 7.43 Å². The van der Waals surface area contributed by atoms with Gasteiger partial charge in [0, 0.05) is 51.1 Å². The van der Waals surface area contributed by atoms with Crippen molar-refractivity contribution in [3.05, 3.63) is 84.9 Å². The van der Waals surface area contributed by atoms with E-state index in [-0.39, 0.29) is 13.2 Å². The Morgan fingerprint density at radius 2 is 0.961 bits per heavy atom. The van der Waals surface area contributed by atoms with Crippen LogP contribution >= 0.6 is 45.3 Å². The van der Waals surface area contributed by atoms with Crippen molar-refractivity contribution in [1.29, 1.82) is 0 Å². The van der Waals surface area contributed by atoms with E-state index in [1.165, 1.54) is 53.0 Å². The zero-order valence-corrected chi connectivity index (χ0v) is 29.0. The maximum Gasteiger partial charge on any atom is 0.534 e. The third kappa shape index (κ3) is 7.45. The smallest absolute Gasteiger partial charge is 0.508 e. The molecule has 0 spiro atoms. The summed E-state index contributed by atoms with van der Waals surface area (Å²) in [6, 6.07) is 25.9. The highest BCUT2D eigenvalue weighted by molar-refractivity contribution is 7.88. The summed E-state index contributed by atoms with van der Waals surface area (Å²) in [7, 11) is -11.5. The lowest BCUT2D eigenvalue weighted by atomic mass is 10.1. The van der Waals surface area contributed by atoms with E-state index in [1.54, 1.807) is 34.8 Å². The van der Waals surface area contributed by atoms with Crippen molar-refractivity contribution in [2.24, 2.45) is 0 Å². The van der Waals surface area contributed by atoms with E-state index in [4.69, 9.17) is 5.26 Å². The van der Waals surface area contributed by atoms with Gasteiger partial charge >= 0.3 is 31.3 Å². The number of rotatable bonds is 3. The molecular formula is C31H20F6O8S6. The first-order chi connectivity index (χ1) is 23.4. The van der Waals surface area contributed by atoms with Gasteiger partial charge in [-0.2, -0.15) is 43.2 Å². The van der Waals surface area contributed by atoms with E-state index in [1.807, 2.05) is 47.7 Å². The number of hydrogen-bond acceptors (Lipinski definition) is 12. The molecule has 4 heterocycles. The minimum absolute atomic E-state index is 0. The molecule has 0 bridgehead atoms. The Hall–Kier alpha value is -3.76. The lowest BCUT2D eigenvalue weighted by molar-refractivity contribution is -0.156. The van der Waals surface area contributed by atoms with E-state index < -0.39 is 31.3 Å². The Morgan fingerprint density at radius 1 is 0.549 bits per heavy atom. The SMILES string of the molecule is C.O=S(=O)(OO)C(F)(F)F.O=S(=O)(Oc1ccc2sc3sc4ccccc4c3c2c1)C(F)(F)F.Oc1ccc2sc3sc4ccccc4c3c2c1. The average molecular weight is 827 g/mol. The number of aromatic hydroxyl groups is 1. The Kier molecular flexibility index (Phi) is 10.6. The molecule has 0 atom stereocenters. The van der Waals surface area contributed by atoms with Gasteiger partial charge in [-0.05, 0) is 48.5 Å². The summed E-state index contributed by atoms with van der Waals surface area (Å²) in [4.78, 5) is 0. The van der Waals surface area contributed by atoms with Crippen LogP contribution in [0.4, 0.5) is 26.3 Å². The fraction of sp³-hybridized carbons (Fsp3) is 0.0968. The predicted molar refractivity (Wildman–Crippen MR) is 192 cm³/mol. The Bertz CT molecular complexity index is 2760. The van der Waals surface area contributed by atoms with Gasteiger partial charge in [0.05, 0.1) is 8.03 Å². The predicted octanol–water partition coefficient (Wildman–Crippen LogP) is 11.4. The van der Waals surface area contributed by atoms with Crippen LogP contribution in [0.2, 0.25) is 0 Å². The third-order valence-corrected chi connectivity index (χ3v) is 13.5. The molecule has 0 aliphatic carbocycles. The molecular weight excluding hydrogens is 807 g/mol. The molecule has 0 aliphatic rings. The van der Waals surface area contributed by atoms with E-state index in [9.17, 15) is 48.3 Å². The van der Waals surface area contributed by atoms with Crippen LogP contribution < -0.4 is 4.18 Å². The molecule has 2 N–H and O–H groups in total. The molecule has 20 heteroatoms. The molecule has 0 aliphatic heterocycles. The van der Waals surface area contributed by atoms with Crippen molar-refractivity contribution in [2.75, 3.05) is 0 Å². The number of hydrogen-bond donors (Lipinski definition) is 2. The molecule has 0 unspecified atom stereocenters. The number of fused-ring (bicyclic) bond motifs is 10. The number of phenols is 1. The van der Waals surface area contributed by atoms with Crippen LogP contribution in [0.5, 0.6) is 11.5 Å². The number of halogens is 6. The molecule has 0 saturated carbocycles. The second kappa shape index (κ2) is 14.0. The summed E-state index contributed by atoms with van der Waals surface area (Å²) in [5.41, 5.74) is -11.0. The van der Waals surface area contributed by atoms with Crippen molar-refractivity contribution < 1.29 is 62.1 Å². The summed E-state index contributed by atoms with van der Waals surface area (Å²) in [6.45, 7) is 0. The fourth-order valence-corrected chi connectivity index (χ4v) is 10.5. The lowest BCUT2D eigenvalue weighted by Gasteiger charge is -2.09. The number of benzene rings is 4. The Morgan fingerprint density at radius 3 is 1.39 bits per heavy atom. The quantitative estimate of drug-likeness (QED) is 0.0593. The average Bonchev–Trinajstić information content (AvgIpc) is 3.78. The van der Waals surface area contributed by atoms with Crippen LogP contribution in [0.15, 0.2) is 84.9 Å². The summed E-state index contributed by atoms with van der Waals surface area (Å²) < 4.78 is 125. The zero-order valence-electron chi connectivity index (χ0n) is 24.1. The normalized spacial score (nSPS) is 12.5. The molecule has 8 rings (SSSR count). The molecule has 51 heavy (non-hydrogen) atoms. The first kappa shape index (κ1) is 38.5. The topological polar surface area (TPSA) is 127 Å². The van der Waals surface area contributed by atoms with Crippen molar-refractivity contribution in [1.82, 2.24) is 0 Å². The first-order valence-electron chi connectivity index (χ1n) is 13.4. The van der Waals surface area contributed by atoms with Crippen molar-refractivity contribution >= 4 is 125 Å². The van der Waals surface area contributed by atoms with Gasteiger partial charge in [0.1, 0.15) is 11.5 Å². The third-order valence-electron chi connectivity index (χ3n) is 6.86. The summed E-state index contributed by atoms with van der Waals surface area (Å²) in [5, 5.41) is 23.1. The Labute approximate surface area is 300 Å². The van der Waals surface area contributed by atoms with Gasteiger partial charge in [-0.25, -0.2) is 5.26 Å². The van der Waals surface area contributed by atoms with Gasteiger partial charge in [0.15, 0.2) is 0 Å². The minimum atomic E-state index is -5.78. The summed E-state index contributed by atoms with van der Waals surface area (Å²) in [6.07, 6.45) is 0. The first-order valence-corrected chi connectivity index (χ1v) is 19.5. The van der Waals surface area contributed by atoms with E-state index in [0.717, 1.165) is 24.2 Å². The molecule has 4 aromatic carbocycles. The molecule has 8 nitrogen and oxygen atoms in total. The van der Waals surface area contributed by atoms with Gasteiger partial charge in [-0.3, -0.25) is 0 Å². The van der Waals surface area contributed by atoms with Crippen LogP contribution in [0.25, 0.3) is 59.1 Å². The van der Waals surface area contributed by atoms with Crippen molar-refractivity contribution in [3.8, 4) is 11.5 Å². The summed E-state index contributed by atoms with van der Waals surface area (Å²) in [5.74, 6) is -0.0118. The second-order valence-corrected chi connectivity index (χ2v) is 17.8. The maximum atomic E-state index is 12.5. The van der Waals surface area contributed by atoms with Crippen molar-refractivity contribution in [3.63, 3.8) is 0 Å². The largest absolute Gasteiger partial charge is 0.534 e. The minimum Gasteiger partial charge on any atom is -0.508 e. The standard InChI is InChI=1S/C15H7F3O3S3.C14H8OS2.CHF3O4S.CH4/c16-15(17,18)24(19,20)21-8-5-6-12-10(7-8)13-9-3-1-2-4-11(9)22-14(13)23-12;15-8-5-6-12-10(7-8)13-9-3-1-2-4-11(9)16-14(13)17-12;2-1(3,4)9(6,7)8-5;/h1-7H;1-7,15H;5H;1H4. The van der Waals surface area contributed by atoms with E-state index in [2.05, 4.69) is 32.8 Å². The summed E-state index contributed by atoms with van der Waals surface area (Å²) >= 11 is 6.73. The Balaban J connectivity index is 0.000000163. The van der Waals surface area contributed by atoms with Gasteiger partial charge in [-0.15, -0.1) is 49.7 Å². The van der Waals surface area contributed by atoms with E-state index >= 15 is 0 Å². The highest BCUT2D eigenvalue weighted by Gasteiger charge is 2.49. The second-order valence-electron chi connectivity index (χ2n) is 10.0. The highest BCUT2D eigenvalue weighted by Crippen LogP contribution is 2.46. The fourth-order valence-electron chi connectivity index (χ4n) is 4.76. The van der Waals surface area contributed by atoms with E-state index in [0.29, 0.717) is 11.1 Å².